The molecule has 4 nitrogen and oxygen atoms in total. The number of amides is 1. The molecule has 1 aromatic rings. The Hall–Kier alpha value is -1.71. The molecule has 0 aromatic heterocycles. The van der Waals surface area contributed by atoms with Gasteiger partial charge in [0.2, 0.25) is 0 Å². The third kappa shape index (κ3) is 4.13. The van der Waals surface area contributed by atoms with E-state index < -0.39 is 0 Å². The van der Waals surface area contributed by atoms with E-state index in [-0.39, 0.29) is 12.5 Å². The minimum atomic E-state index is 0.00591. The lowest BCUT2D eigenvalue weighted by Gasteiger charge is -2.30. The van der Waals surface area contributed by atoms with Gasteiger partial charge < -0.3 is 15.4 Å². The topological polar surface area (TPSA) is 55.6 Å². The monoisotopic (exact) mass is 290 g/mol. The molecule has 1 aromatic carbocycles. The van der Waals surface area contributed by atoms with E-state index in [0.29, 0.717) is 5.69 Å². The highest BCUT2D eigenvalue weighted by Gasteiger charge is 2.26. The van der Waals surface area contributed by atoms with Crippen LogP contribution < -0.4 is 15.4 Å². The zero-order valence-electron chi connectivity index (χ0n) is 12.9. The minimum Gasteiger partial charge on any atom is -0.481 e. The summed E-state index contributed by atoms with van der Waals surface area (Å²) >= 11 is 0. The number of nitrogen functional groups attached to an aromatic ring is 1. The van der Waals surface area contributed by atoms with Gasteiger partial charge in [0.1, 0.15) is 11.4 Å². The van der Waals surface area contributed by atoms with E-state index in [4.69, 9.17) is 10.5 Å². The maximum Gasteiger partial charge on any atom is 0.265 e. The lowest BCUT2D eigenvalue weighted by Crippen LogP contribution is -2.39. The summed E-state index contributed by atoms with van der Waals surface area (Å²) in [5.74, 6) is 0.726. The molecule has 0 aliphatic carbocycles. The SMILES string of the molecule is CCCCCCCCCN1C(=O)COc2cccc(N)c21. The molecule has 0 spiro atoms. The first kappa shape index (κ1) is 15.7. The molecule has 1 heterocycles. The molecule has 0 radical (unpaired) electrons. The van der Waals surface area contributed by atoms with Crippen LogP contribution in [0.25, 0.3) is 0 Å². The van der Waals surface area contributed by atoms with Gasteiger partial charge in [0.05, 0.1) is 5.69 Å². The Morgan fingerprint density at radius 2 is 1.86 bits per heavy atom. The molecule has 0 unspecified atom stereocenters. The molecule has 21 heavy (non-hydrogen) atoms. The minimum absolute atomic E-state index is 0.00591. The van der Waals surface area contributed by atoms with Crippen molar-refractivity contribution in [2.24, 2.45) is 0 Å². The van der Waals surface area contributed by atoms with Crippen LogP contribution in [0.3, 0.4) is 0 Å². The second kappa shape index (κ2) is 7.91. The number of carbonyl (C=O) groups is 1. The number of nitrogens with zero attached hydrogens (tertiary/aromatic N) is 1. The summed E-state index contributed by atoms with van der Waals surface area (Å²) in [4.78, 5) is 13.9. The van der Waals surface area contributed by atoms with E-state index >= 15 is 0 Å². The first-order valence-electron chi connectivity index (χ1n) is 8.05. The lowest BCUT2D eigenvalue weighted by atomic mass is 10.1. The fourth-order valence-corrected chi connectivity index (χ4v) is 2.75. The quantitative estimate of drug-likeness (QED) is 0.586. The zero-order chi connectivity index (χ0) is 15.1. The van der Waals surface area contributed by atoms with Crippen LogP contribution in [0.2, 0.25) is 0 Å². The number of hydrogen-bond acceptors (Lipinski definition) is 3. The first-order chi connectivity index (χ1) is 10.2. The van der Waals surface area contributed by atoms with E-state index in [0.717, 1.165) is 30.8 Å². The summed E-state index contributed by atoms with van der Waals surface area (Å²) in [6.45, 7) is 3.08. The molecule has 1 amide bonds. The number of carbonyl (C=O) groups excluding carboxylic acids is 1. The Kier molecular flexibility index (Phi) is 5.90. The average molecular weight is 290 g/mol. The molecule has 2 N–H and O–H groups in total. The van der Waals surface area contributed by atoms with E-state index in [1.165, 1.54) is 32.1 Å². The van der Waals surface area contributed by atoms with Crippen LogP contribution in [0, 0.1) is 0 Å². The van der Waals surface area contributed by atoms with Crippen molar-refractivity contribution >= 4 is 17.3 Å². The van der Waals surface area contributed by atoms with Gasteiger partial charge in [-0.25, -0.2) is 0 Å². The molecule has 1 aliphatic rings. The maximum atomic E-state index is 12.1. The van der Waals surface area contributed by atoms with E-state index in [1.54, 1.807) is 4.90 Å². The fourth-order valence-electron chi connectivity index (χ4n) is 2.75. The average Bonchev–Trinajstić information content (AvgIpc) is 2.48. The summed E-state index contributed by atoms with van der Waals surface area (Å²) in [7, 11) is 0. The highest BCUT2D eigenvalue weighted by Crippen LogP contribution is 2.37. The third-order valence-electron chi connectivity index (χ3n) is 3.94. The van der Waals surface area contributed by atoms with Gasteiger partial charge in [-0.05, 0) is 18.6 Å². The first-order valence-corrected chi connectivity index (χ1v) is 8.05. The van der Waals surface area contributed by atoms with Crippen molar-refractivity contribution in [3.63, 3.8) is 0 Å². The fraction of sp³-hybridized carbons (Fsp3) is 0.588. The Morgan fingerprint density at radius 3 is 2.62 bits per heavy atom. The van der Waals surface area contributed by atoms with Crippen LogP contribution >= 0.6 is 0 Å². The molecule has 1 aliphatic heterocycles. The molecule has 0 bridgehead atoms. The molecule has 0 saturated heterocycles. The molecule has 0 saturated carbocycles. The smallest absolute Gasteiger partial charge is 0.265 e. The van der Waals surface area contributed by atoms with Crippen LogP contribution in [0.1, 0.15) is 51.9 Å². The largest absolute Gasteiger partial charge is 0.481 e. The second-order valence-electron chi connectivity index (χ2n) is 5.65. The summed E-state index contributed by atoms with van der Waals surface area (Å²) in [6, 6.07) is 5.55. The number of ether oxygens (including phenoxy) is 1. The summed E-state index contributed by atoms with van der Waals surface area (Å²) in [5, 5.41) is 0. The van der Waals surface area contributed by atoms with Crippen molar-refractivity contribution in [3.05, 3.63) is 18.2 Å². The van der Waals surface area contributed by atoms with Crippen molar-refractivity contribution < 1.29 is 9.53 Å². The zero-order valence-corrected chi connectivity index (χ0v) is 12.9. The van der Waals surface area contributed by atoms with E-state index in [1.807, 2.05) is 18.2 Å². The highest BCUT2D eigenvalue weighted by molar-refractivity contribution is 6.01. The number of benzene rings is 1. The van der Waals surface area contributed by atoms with E-state index in [9.17, 15) is 4.79 Å². The number of nitrogens with two attached hydrogens (primary N) is 1. The van der Waals surface area contributed by atoms with Crippen molar-refractivity contribution in [1.29, 1.82) is 0 Å². The van der Waals surface area contributed by atoms with Crippen molar-refractivity contribution in [1.82, 2.24) is 0 Å². The van der Waals surface area contributed by atoms with Crippen molar-refractivity contribution in [2.75, 3.05) is 23.8 Å². The van der Waals surface area contributed by atoms with Gasteiger partial charge in [-0.15, -0.1) is 0 Å². The number of hydrogen-bond donors (Lipinski definition) is 1. The summed E-state index contributed by atoms with van der Waals surface area (Å²) < 4.78 is 5.45. The molecule has 2 rings (SSSR count). The van der Waals surface area contributed by atoms with Crippen molar-refractivity contribution in [2.45, 2.75) is 51.9 Å². The second-order valence-corrected chi connectivity index (χ2v) is 5.65. The van der Waals surface area contributed by atoms with Crippen molar-refractivity contribution in [3.8, 4) is 5.75 Å². The molecular formula is C17H26N2O2. The van der Waals surface area contributed by atoms with Gasteiger partial charge in [-0.2, -0.15) is 0 Å². The van der Waals surface area contributed by atoms with Crippen LogP contribution in [0.5, 0.6) is 5.75 Å². The van der Waals surface area contributed by atoms with Gasteiger partial charge in [0, 0.05) is 6.54 Å². The number of fused-ring (bicyclic) bond motifs is 1. The lowest BCUT2D eigenvalue weighted by molar-refractivity contribution is -0.121. The number of rotatable bonds is 8. The Balaban J connectivity index is 1.84. The number of para-hydroxylation sites is 1. The summed E-state index contributed by atoms with van der Waals surface area (Å²) in [5.41, 5.74) is 7.37. The van der Waals surface area contributed by atoms with Gasteiger partial charge in [-0.1, -0.05) is 51.5 Å². The summed E-state index contributed by atoms with van der Waals surface area (Å²) in [6.07, 6.45) is 8.65. The van der Waals surface area contributed by atoms with Crippen LogP contribution in [0.4, 0.5) is 11.4 Å². The van der Waals surface area contributed by atoms with Crippen LogP contribution in [-0.2, 0) is 4.79 Å². The van der Waals surface area contributed by atoms with Gasteiger partial charge >= 0.3 is 0 Å². The standard InChI is InChI=1S/C17H26N2O2/c1-2-3-4-5-6-7-8-12-19-16(20)13-21-15-11-9-10-14(18)17(15)19/h9-11H,2-8,12-13,18H2,1H3. The maximum absolute atomic E-state index is 12.1. The van der Waals surface area contributed by atoms with Crippen LogP contribution in [0.15, 0.2) is 18.2 Å². The molecule has 0 atom stereocenters. The van der Waals surface area contributed by atoms with Gasteiger partial charge in [0.25, 0.3) is 5.91 Å². The third-order valence-corrected chi connectivity index (χ3v) is 3.94. The molecule has 116 valence electrons. The highest BCUT2D eigenvalue weighted by atomic mass is 16.5. The van der Waals surface area contributed by atoms with E-state index in [2.05, 4.69) is 6.92 Å². The normalized spacial score (nSPS) is 14.0. The Bertz CT molecular complexity index is 474. The Labute approximate surface area is 127 Å². The molecular weight excluding hydrogens is 264 g/mol. The number of anilines is 2. The molecule has 4 heteroatoms. The predicted molar refractivity (Wildman–Crippen MR) is 86.7 cm³/mol. The predicted octanol–water partition coefficient (Wildman–Crippen LogP) is 3.74. The van der Waals surface area contributed by atoms with Gasteiger partial charge in [-0.3, -0.25) is 4.79 Å². The van der Waals surface area contributed by atoms with Crippen LogP contribution in [-0.4, -0.2) is 19.1 Å². The van der Waals surface area contributed by atoms with Gasteiger partial charge in [0.15, 0.2) is 6.61 Å². The Morgan fingerprint density at radius 1 is 1.14 bits per heavy atom. The number of unbranched alkanes of at least 4 members (excludes halogenated alkanes) is 6. The molecule has 0 fully saturated rings.